The fourth-order valence-electron chi connectivity index (χ4n) is 2.20. The summed E-state index contributed by atoms with van der Waals surface area (Å²) < 4.78 is 32.8. The summed E-state index contributed by atoms with van der Waals surface area (Å²) in [6.07, 6.45) is 1.82. The number of sulfonamides is 1. The van der Waals surface area contributed by atoms with Crippen LogP contribution in [0.25, 0.3) is 0 Å². The van der Waals surface area contributed by atoms with Crippen LogP contribution in [-0.4, -0.2) is 33.7 Å². The summed E-state index contributed by atoms with van der Waals surface area (Å²) in [5.41, 5.74) is 5.53. The lowest BCUT2D eigenvalue weighted by molar-refractivity contribution is 0.0250. The molecule has 21 heavy (non-hydrogen) atoms. The van der Waals surface area contributed by atoms with Gasteiger partial charge in [-0.3, -0.25) is 0 Å². The summed E-state index contributed by atoms with van der Waals surface area (Å²) in [4.78, 5) is 0.202. The molecule has 114 valence electrons. The van der Waals surface area contributed by atoms with Gasteiger partial charge in [0.25, 0.3) is 0 Å². The van der Waals surface area contributed by atoms with Crippen molar-refractivity contribution < 1.29 is 13.2 Å². The zero-order valence-corrected chi connectivity index (χ0v) is 12.9. The fourth-order valence-corrected chi connectivity index (χ4v) is 3.40. The van der Waals surface area contributed by atoms with Crippen LogP contribution in [0.5, 0.6) is 0 Å². The van der Waals surface area contributed by atoms with Crippen molar-refractivity contribution in [3.8, 4) is 11.8 Å². The molecule has 1 atom stereocenters. The van der Waals surface area contributed by atoms with Crippen LogP contribution in [0.4, 0.5) is 0 Å². The monoisotopic (exact) mass is 308 g/mol. The van der Waals surface area contributed by atoms with E-state index in [1.165, 1.54) is 0 Å². The van der Waals surface area contributed by atoms with E-state index in [0.717, 1.165) is 12.8 Å². The number of benzene rings is 1. The Morgan fingerprint density at radius 3 is 2.95 bits per heavy atom. The summed E-state index contributed by atoms with van der Waals surface area (Å²) in [6, 6.07) is 6.52. The van der Waals surface area contributed by atoms with Gasteiger partial charge < -0.3 is 10.5 Å². The van der Waals surface area contributed by atoms with E-state index in [1.54, 1.807) is 24.3 Å². The highest BCUT2D eigenvalue weighted by atomic mass is 32.2. The summed E-state index contributed by atoms with van der Waals surface area (Å²) in [6.45, 7) is 3.12. The van der Waals surface area contributed by atoms with E-state index >= 15 is 0 Å². The molecule has 1 aliphatic rings. The van der Waals surface area contributed by atoms with E-state index in [1.807, 2.05) is 6.92 Å². The van der Waals surface area contributed by atoms with Gasteiger partial charge in [-0.05, 0) is 38.0 Å². The summed E-state index contributed by atoms with van der Waals surface area (Å²) in [5, 5.41) is 0. The largest absolute Gasteiger partial charge is 0.374 e. The van der Waals surface area contributed by atoms with Crippen LogP contribution in [0.2, 0.25) is 0 Å². The van der Waals surface area contributed by atoms with E-state index in [-0.39, 0.29) is 18.0 Å². The normalized spacial score (nSPS) is 21.8. The van der Waals surface area contributed by atoms with Gasteiger partial charge in [-0.1, -0.05) is 17.9 Å². The molecule has 0 bridgehead atoms. The molecule has 1 heterocycles. The van der Waals surface area contributed by atoms with Crippen LogP contribution in [0.1, 0.15) is 25.3 Å². The number of hydrogen-bond acceptors (Lipinski definition) is 4. The Labute approximate surface area is 125 Å². The Balaban J connectivity index is 2.12. The summed E-state index contributed by atoms with van der Waals surface area (Å²) in [5.74, 6) is 5.54. The first-order valence-corrected chi connectivity index (χ1v) is 8.36. The molecule has 0 amide bonds. The Kier molecular flexibility index (Phi) is 5.01. The van der Waals surface area contributed by atoms with Crippen LogP contribution in [0.3, 0.4) is 0 Å². The second-order valence-corrected chi connectivity index (χ2v) is 7.03. The van der Waals surface area contributed by atoms with Gasteiger partial charge in [0.1, 0.15) is 0 Å². The van der Waals surface area contributed by atoms with E-state index in [2.05, 4.69) is 16.6 Å². The zero-order chi connectivity index (χ0) is 15.3. The van der Waals surface area contributed by atoms with Crippen molar-refractivity contribution in [1.82, 2.24) is 4.72 Å². The molecule has 5 nitrogen and oxygen atoms in total. The van der Waals surface area contributed by atoms with Crippen molar-refractivity contribution in [2.24, 2.45) is 5.73 Å². The molecule has 1 aromatic carbocycles. The van der Waals surface area contributed by atoms with Gasteiger partial charge in [0.05, 0.1) is 17.0 Å². The van der Waals surface area contributed by atoms with Crippen molar-refractivity contribution >= 4 is 10.0 Å². The highest BCUT2D eigenvalue weighted by Crippen LogP contribution is 2.24. The van der Waals surface area contributed by atoms with Crippen molar-refractivity contribution in [3.05, 3.63) is 29.8 Å². The maximum Gasteiger partial charge on any atom is 0.240 e. The molecule has 1 fully saturated rings. The minimum Gasteiger partial charge on any atom is -0.374 e. The summed E-state index contributed by atoms with van der Waals surface area (Å²) >= 11 is 0. The number of nitrogens with one attached hydrogen (secondary N) is 1. The second-order valence-electron chi connectivity index (χ2n) is 5.26. The summed E-state index contributed by atoms with van der Waals surface area (Å²) in [7, 11) is -3.56. The first kappa shape index (κ1) is 16.0. The number of hydrogen-bond donors (Lipinski definition) is 2. The Morgan fingerprint density at radius 1 is 1.48 bits per heavy atom. The number of nitrogens with two attached hydrogens (primary N) is 1. The van der Waals surface area contributed by atoms with Gasteiger partial charge in [0.15, 0.2) is 0 Å². The molecule has 2 rings (SSSR count). The smallest absolute Gasteiger partial charge is 0.240 e. The van der Waals surface area contributed by atoms with Crippen LogP contribution in [0.15, 0.2) is 29.2 Å². The average Bonchev–Trinajstić information content (AvgIpc) is 2.91. The van der Waals surface area contributed by atoms with Crippen LogP contribution >= 0.6 is 0 Å². The second kappa shape index (κ2) is 6.58. The first-order chi connectivity index (χ1) is 9.95. The van der Waals surface area contributed by atoms with Gasteiger partial charge in [0, 0.05) is 18.7 Å². The molecular formula is C15H20N2O3S. The fraction of sp³-hybridized carbons (Fsp3) is 0.467. The quantitative estimate of drug-likeness (QED) is 0.808. The first-order valence-electron chi connectivity index (χ1n) is 6.88. The number of rotatable bonds is 4. The zero-order valence-electron chi connectivity index (χ0n) is 12.1. The molecule has 1 aliphatic heterocycles. The third-order valence-corrected chi connectivity index (χ3v) is 4.81. The minimum atomic E-state index is -3.56. The molecule has 0 aromatic heterocycles. The van der Waals surface area contributed by atoms with E-state index in [4.69, 9.17) is 10.5 Å². The highest BCUT2D eigenvalue weighted by molar-refractivity contribution is 7.89. The SMILES string of the molecule is CC1(CNS(=O)(=O)c2cccc(C#CCN)c2)CCCO1. The Morgan fingerprint density at radius 2 is 2.29 bits per heavy atom. The van der Waals surface area contributed by atoms with Gasteiger partial charge in [0.2, 0.25) is 10.0 Å². The van der Waals surface area contributed by atoms with Gasteiger partial charge in [-0.25, -0.2) is 13.1 Å². The molecule has 0 saturated carbocycles. The molecule has 0 aliphatic carbocycles. The standard InChI is InChI=1S/C15H20N2O3S/c1-15(8-4-10-20-15)12-17-21(18,19)14-7-2-5-13(11-14)6-3-9-16/h2,5,7,11,17H,4,8-10,12,16H2,1H3. The van der Waals surface area contributed by atoms with Crippen molar-refractivity contribution in [1.29, 1.82) is 0 Å². The van der Waals surface area contributed by atoms with Crippen LogP contribution in [0, 0.1) is 11.8 Å². The topological polar surface area (TPSA) is 81.4 Å². The molecule has 0 radical (unpaired) electrons. The molecule has 3 N–H and O–H groups in total. The molecule has 1 aromatic rings. The lowest BCUT2D eigenvalue weighted by Crippen LogP contribution is -2.40. The van der Waals surface area contributed by atoms with E-state index in [9.17, 15) is 8.42 Å². The Hall–Kier alpha value is -1.39. The number of ether oxygens (including phenoxy) is 1. The highest BCUT2D eigenvalue weighted by Gasteiger charge is 2.31. The maximum absolute atomic E-state index is 12.3. The predicted molar refractivity (Wildman–Crippen MR) is 81.2 cm³/mol. The van der Waals surface area contributed by atoms with Gasteiger partial charge >= 0.3 is 0 Å². The molecule has 1 saturated heterocycles. The lowest BCUT2D eigenvalue weighted by atomic mass is 10.0. The Bertz CT molecular complexity index is 653. The lowest BCUT2D eigenvalue weighted by Gasteiger charge is -2.23. The molecule has 6 heteroatoms. The van der Waals surface area contributed by atoms with Gasteiger partial charge in [-0.15, -0.1) is 0 Å². The molecule has 1 unspecified atom stereocenters. The van der Waals surface area contributed by atoms with Crippen molar-refractivity contribution in [2.45, 2.75) is 30.3 Å². The molecular weight excluding hydrogens is 288 g/mol. The van der Waals surface area contributed by atoms with Crippen LogP contribution < -0.4 is 10.5 Å². The maximum atomic E-state index is 12.3. The van der Waals surface area contributed by atoms with Crippen LogP contribution in [-0.2, 0) is 14.8 Å². The van der Waals surface area contributed by atoms with E-state index < -0.39 is 15.6 Å². The molecule has 0 spiro atoms. The third-order valence-electron chi connectivity index (χ3n) is 3.42. The van der Waals surface area contributed by atoms with E-state index in [0.29, 0.717) is 12.2 Å². The predicted octanol–water partition coefficient (Wildman–Crippen LogP) is 0.844. The van der Waals surface area contributed by atoms with Crippen molar-refractivity contribution in [2.75, 3.05) is 19.7 Å². The van der Waals surface area contributed by atoms with Gasteiger partial charge in [-0.2, -0.15) is 0 Å². The average molecular weight is 308 g/mol. The third kappa shape index (κ3) is 4.29. The van der Waals surface area contributed by atoms with Crippen molar-refractivity contribution in [3.63, 3.8) is 0 Å². The minimum absolute atomic E-state index is 0.202.